The van der Waals surface area contributed by atoms with Crippen LogP contribution in [0.1, 0.15) is 13.8 Å². The topological polar surface area (TPSA) is 118 Å². The quantitative estimate of drug-likeness (QED) is 0.631. The molecule has 1 aromatic rings. The largest absolute Gasteiger partial charge is 0.398 e. The van der Waals surface area contributed by atoms with Crippen molar-refractivity contribution in [2.24, 2.45) is 0 Å². The van der Waals surface area contributed by atoms with Gasteiger partial charge in [0.05, 0.1) is 11.9 Å². The summed E-state index contributed by atoms with van der Waals surface area (Å²) in [7, 11) is -7.46. The van der Waals surface area contributed by atoms with Gasteiger partial charge in [0, 0.05) is 12.1 Å². The van der Waals surface area contributed by atoms with E-state index in [1.165, 1.54) is 13.8 Å². The molecular weight excluding hydrogens is 321 g/mol. The van der Waals surface area contributed by atoms with E-state index < -0.39 is 31.4 Å². The zero-order valence-electron chi connectivity index (χ0n) is 11.8. The van der Waals surface area contributed by atoms with Gasteiger partial charge in [-0.1, -0.05) is 0 Å². The van der Waals surface area contributed by atoms with Gasteiger partial charge >= 0.3 is 0 Å². The third-order valence-corrected chi connectivity index (χ3v) is 4.83. The van der Waals surface area contributed by atoms with Crippen molar-refractivity contribution in [1.29, 1.82) is 0 Å². The predicted molar refractivity (Wildman–Crippen MR) is 78.1 cm³/mol. The molecule has 1 aromatic carbocycles. The molecule has 0 unspecified atom stereocenters. The van der Waals surface area contributed by atoms with Crippen LogP contribution >= 0.6 is 0 Å². The number of nitrogens with two attached hydrogens (primary N) is 1. The van der Waals surface area contributed by atoms with Crippen molar-refractivity contribution in [3.05, 3.63) is 24.0 Å². The average molecular weight is 339 g/mol. The Balaban J connectivity index is 2.91. The number of hydrogen-bond donors (Lipinski definition) is 3. The smallest absolute Gasteiger partial charge is 0.242 e. The molecule has 7 nitrogen and oxygen atoms in total. The van der Waals surface area contributed by atoms with Crippen LogP contribution in [0.2, 0.25) is 0 Å². The Labute approximate surface area is 123 Å². The second-order valence-corrected chi connectivity index (χ2v) is 8.75. The number of nitrogens with one attached hydrogen (secondary N) is 2. The van der Waals surface area contributed by atoms with E-state index in [2.05, 4.69) is 9.44 Å². The van der Waals surface area contributed by atoms with Crippen LogP contribution in [0, 0.1) is 5.82 Å². The van der Waals surface area contributed by atoms with Gasteiger partial charge in [0.1, 0.15) is 10.7 Å². The second kappa shape index (κ2) is 5.87. The van der Waals surface area contributed by atoms with Gasteiger partial charge < -0.3 is 5.73 Å². The van der Waals surface area contributed by atoms with Gasteiger partial charge in [-0.2, -0.15) is 0 Å². The second-order valence-electron chi connectivity index (χ2n) is 5.26. The molecule has 0 aromatic heterocycles. The van der Waals surface area contributed by atoms with E-state index in [0.29, 0.717) is 0 Å². The number of rotatable bonds is 6. The van der Waals surface area contributed by atoms with Crippen LogP contribution in [0.25, 0.3) is 0 Å². The Morgan fingerprint density at radius 3 is 2.29 bits per heavy atom. The van der Waals surface area contributed by atoms with Gasteiger partial charge in [-0.05, 0) is 32.0 Å². The lowest BCUT2D eigenvalue weighted by Gasteiger charge is -2.25. The lowest BCUT2D eigenvalue weighted by molar-refractivity contribution is 0.446. The number of nitrogen functional groups attached to an aromatic ring is 1. The van der Waals surface area contributed by atoms with Crippen LogP contribution in [0.4, 0.5) is 10.1 Å². The zero-order valence-corrected chi connectivity index (χ0v) is 13.5. The molecule has 0 heterocycles. The van der Waals surface area contributed by atoms with E-state index in [1.54, 1.807) is 0 Å². The Morgan fingerprint density at radius 2 is 1.81 bits per heavy atom. The summed E-state index contributed by atoms with van der Waals surface area (Å²) in [4.78, 5) is -0.265. The third kappa shape index (κ3) is 5.58. The molecule has 0 spiro atoms. The number of hydrogen-bond acceptors (Lipinski definition) is 5. The number of anilines is 1. The summed E-state index contributed by atoms with van der Waals surface area (Å²) in [6.07, 6.45) is 0.973. The summed E-state index contributed by atoms with van der Waals surface area (Å²) in [5.74, 6) is -0.648. The van der Waals surface area contributed by atoms with Crippen LogP contribution in [-0.4, -0.2) is 35.2 Å². The van der Waals surface area contributed by atoms with Gasteiger partial charge in [0.2, 0.25) is 20.0 Å². The van der Waals surface area contributed by atoms with Gasteiger partial charge in [0.25, 0.3) is 0 Å². The molecule has 0 atom stereocenters. The van der Waals surface area contributed by atoms with E-state index in [1.807, 2.05) is 0 Å². The van der Waals surface area contributed by atoms with Crippen molar-refractivity contribution in [1.82, 2.24) is 9.44 Å². The normalized spacial score (nSPS) is 13.3. The van der Waals surface area contributed by atoms with Crippen molar-refractivity contribution in [3.63, 3.8) is 0 Å². The maximum atomic E-state index is 12.9. The van der Waals surface area contributed by atoms with E-state index in [-0.39, 0.29) is 17.1 Å². The summed E-state index contributed by atoms with van der Waals surface area (Å²) < 4.78 is 64.0. The molecule has 0 amide bonds. The molecule has 0 saturated carbocycles. The molecule has 0 aliphatic carbocycles. The molecule has 21 heavy (non-hydrogen) atoms. The number of halogens is 1. The van der Waals surface area contributed by atoms with Gasteiger partial charge in [-0.3, -0.25) is 0 Å². The SMILES string of the molecule is CC(C)(CNS(=O)(=O)c1ccc(F)cc1N)NS(C)(=O)=O. The highest BCUT2D eigenvalue weighted by molar-refractivity contribution is 7.89. The van der Waals surface area contributed by atoms with Crippen molar-refractivity contribution >= 4 is 25.7 Å². The zero-order chi connectivity index (χ0) is 16.5. The van der Waals surface area contributed by atoms with E-state index in [0.717, 1.165) is 24.5 Å². The molecule has 0 fully saturated rings. The predicted octanol–water partition coefficient (Wildman–Crippen LogP) is 0.0140. The highest BCUT2D eigenvalue weighted by Crippen LogP contribution is 2.19. The van der Waals surface area contributed by atoms with Crippen molar-refractivity contribution in [2.75, 3.05) is 18.5 Å². The van der Waals surface area contributed by atoms with Crippen LogP contribution in [-0.2, 0) is 20.0 Å². The van der Waals surface area contributed by atoms with Crippen LogP contribution in [0.3, 0.4) is 0 Å². The Hall–Kier alpha value is -1.23. The monoisotopic (exact) mass is 339 g/mol. The number of benzene rings is 1. The maximum absolute atomic E-state index is 12.9. The summed E-state index contributed by atoms with van der Waals surface area (Å²) >= 11 is 0. The Morgan fingerprint density at radius 1 is 1.24 bits per heavy atom. The molecule has 1 rings (SSSR count). The van der Waals surface area contributed by atoms with Crippen molar-refractivity contribution < 1.29 is 21.2 Å². The summed E-state index contributed by atoms with van der Waals surface area (Å²) in [5.41, 5.74) is 4.22. The van der Waals surface area contributed by atoms with E-state index in [4.69, 9.17) is 5.73 Å². The van der Waals surface area contributed by atoms with Crippen molar-refractivity contribution in [2.45, 2.75) is 24.3 Å². The first-order valence-corrected chi connectivity index (χ1v) is 9.23. The molecule has 0 radical (unpaired) electrons. The fraction of sp³-hybridized carbons (Fsp3) is 0.455. The maximum Gasteiger partial charge on any atom is 0.242 e. The summed E-state index contributed by atoms with van der Waals surface area (Å²) in [6, 6.07) is 2.92. The van der Waals surface area contributed by atoms with Gasteiger partial charge in [-0.25, -0.2) is 30.7 Å². The standard InChI is InChI=1S/C11H18FN3O4S2/c1-11(2,15-20(3,16)17)7-14-21(18,19)10-5-4-8(12)6-9(10)13/h4-6,14-15H,7,13H2,1-3H3. The van der Waals surface area contributed by atoms with Crippen LogP contribution in [0.5, 0.6) is 0 Å². The first-order valence-electron chi connectivity index (χ1n) is 5.86. The molecule has 10 heteroatoms. The lowest BCUT2D eigenvalue weighted by atomic mass is 10.1. The molecule has 120 valence electrons. The fourth-order valence-corrected chi connectivity index (χ4v) is 4.05. The minimum atomic E-state index is -3.97. The molecule has 4 N–H and O–H groups in total. The Bertz CT molecular complexity index is 730. The highest BCUT2D eigenvalue weighted by Gasteiger charge is 2.26. The van der Waals surface area contributed by atoms with E-state index >= 15 is 0 Å². The van der Waals surface area contributed by atoms with Crippen LogP contribution < -0.4 is 15.2 Å². The van der Waals surface area contributed by atoms with Gasteiger partial charge in [0.15, 0.2) is 0 Å². The minimum Gasteiger partial charge on any atom is -0.398 e. The first kappa shape index (κ1) is 17.8. The third-order valence-electron chi connectivity index (χ3n) is 2.43. The molecular formula is C11H18FN3O4S2. The summed E-state index contributed by atoms with van der Waals surface area (Å²) in [5, 5.41) is 0. The molecule has 0 aliphatic heterocycles. The summed E-state index contributed by atoms with van der Waals surface area (Å²) in [6.45, 7) is 2.84. The fourth-order valence-electron chi connectivity index (χ4n) is 1.66. The van der Waals surface area contributed by atoms with E-state index in [9.17, 15) is 21.2 Å². The lowest BCUT2D eigenvalue weighted by Crippen LogP contribution is -2.50. The first-order chi connectivity index (χ1) is 9.32. The Kier molecular flexibility index (Phi) is 4.98. The average Bonchev–Trinajstić information content (AvgIpc) is 2.23. The van der Waals surface area contributed by atoms with Crippen LogP contribution in [0.15, 0.2) is 23.1 Å². The minimum absolute atomic E-state index is 0.195. The van der Waals surface area contributed by atoms with Crippen molar-refractivity contribution in [3.8, 4) is 0 Å². The molecule has 0 saturated heterocycles. The van der Waals surface area contributed by atoms with Gasteiger partial charge in [-0.15, -0.1) is 0 Å². The molecule has 0 bridgehead atoms. The number of sulfonamides is 2. The highest BCUT2D eigenvalue weighted by atomic mass is 32.2. The molecule has 0 aliphatic rings.